The second-order valence-electron chi connectivity index (χ2n) is 7.04. The highest BCUT2D eigenvalue weighted by Gasteiger charge is 2.39. The van der Waals surface area contributed by atoms with Gasteiger partial charge >= 0.3 is 0 Å². The second-order valence-corrected chi connectivity index (χ2v) is 10.3. The Labute approximate surface area is 135 Å². The molecule has 0 radical (unpaired) electrons. The fourth-order valence-corrected chi connectivity index (χ4v) is 5.29. The minimum Gasteiger partial charge on any atom is -0.346 e. The Hall–Kier alpha value is -1.21. The van der Waals surface area contributed by atoms with E-state index in [9.17, 15) is 13.2 Å². The van der Waals surface area contributed by atoms with Gasteiger partial charge in [0.05, 0.1) is 22.1 Å². The molecule has 0 aromatic carbocycles. The van der Waals surface area contributed by atoms with Gasteiger partial charge < -0.3 is 5.32 Å². The standard InChI is InChI=1S/C15H22N2O3S2/c1-14(2,3)13-16-9-11(21-13)5-6-12(18)17-15(4)7-8-22(19,20)10-15/h5-6,9H,7-8,10H2,1-4H3,(H,17,18)/b6-5+/t15-/m1/s1. The van der Waals surface area contributed by atoms with E-state index in [1.165, 1.54) is 6.08 Å². The van der Waals surface area contributed by atoms with Crippen molar-refractivity contribution in [2.75, 3.05) is 11.5 Å². The third-order valence-corrected chi connectivity index (χ3v) is 6.78. The molecule has 1 saturated heterocycles. The van der Waals surface area contributed by atoms with E-state index in [2.05, 4.69) is 31.1 Å². The number of thiazole rings is 1. The maximum Gasteiger partial charge on any atom is 0.244 e. The third kappa shape index (κ3) is 4.39. The van der Waals surface area contributed by atoms with Crippen LogP contribution in [0.25, 0.3) is 6.08 Å². The molecule has 0 unspecified atom stereocenters. The van der Waals surface area contributed by atoms with Crippen LogP contribution in [0.4, 0.5) is 0 Å². The quantitative estimate of drug-likeness (QED) is 0.854. The Morgan fingerprint density at radius 1 is 1.45 bits per heavy atom. The first kappa shape index (κ1) is 17.1. The molecular formula is C15H22N2O3S2. The summed E-state index contributed by atoms with van der Waals surface area (Å²) in [5, 5.41) is 3.81. The number of carbonyl (C=O) groups is 1. The predicted octanol–water partition coefficient (Wildman–Crippen LogP) is 2.15. The van der Waals surface area contributed by atoms with E-state index in [1.807, 2.05) is 0 Å². The van der Waals surface area contributed by atoms with E-state index in [0.29, 0.717) is 6.42 Å². The third-order valence-electron chi connectivity index (χ3n) is 3.49. The first-order valence-corrected chi connectivity index (χ1v) is 9.80. The van der Waals surface area contributed by atoms with Crippen molar-refractivity contribution >= 4 is 33.2 Å². The number of amides is 1. The Balaban J connectivity index is 1.99. The smallest absolute Gasteiger partial charge is 0.244 e. The molecule has 2 heterocycles. The van der Waals surface area contributed by atoms with Crippen LogP contribution < -0.4 is 5.32 Å². The number of aromatic nitrogens is 1. The van der Waals surface area contributed by atoms with Gasteiger partial charge in [0.1, 0.15) is 0 Å². The Bertz CT molecular complexity index is 699. The number of rotatable bonds is 3. The molecule has 0 saturated carbocycles. The lowest BCUT2D eigenvalue weighted by Crippen LogP contribution is -2.46. The van der Waals surface area contributed by atoms with Gasteiger partial charge in [0.25, 0.3) is 0 Å². The SMILES string of the molecule is CC(C)(C)c1ncc(/C=C/C(=O)N[C@]2(C)CCS(=O)(=O)C2)s1. The monoisotopic (exact) mass is 342 g/mol. The average Bonchev–Trinajstić information content (AvgIpc) is 2.91. The van der Waals surface area contributed by atoms with Crippen molar-refractivity contribution in [3.8, 4) is 0 Å². The van der Waals surface area contributed by atoms with Crippen LogP contribution in [0.15, 0.2) is 12.3 Å². The maximum atomic E-state index is 12.0. The first-order chi connectivity index (χ1) is 9.99. The molecule has 1 aliphatic heterocycles. The normalized spacial score (nSPS) is 24.7. The van der Waals surface area contributed by atoms with Gasteiger partial charge in [-0.3, -0.25) is 4.79 Å². The van der Waals surface area contributed by atoms with Crippen molar-refractivity contribution < 1.29 is 13.2 Å². The van der Waals surface area contributed by atoms with Crippen LogP contribution >= 0.6 is 11.3 Å². The van der Waals surface area contributed by atoms with Crippen molar-refractivity contribution in [1.82, 2.24) is 10.3 Å². The van der Waals surface area contributed by atoms with Crippen LogP contribution in [-0.4, -0.2) is 36.4 Å². The summed E-state index contributed by atoms with van der Waals surface area (Å²) in [4.78, 5) is 17.2. The van der Waals surface area contributed by atoms with Crippen LogP contribution in [-0.2, 0) is 20.0 Å². The van der Waals surface area contributed by atoms with Crippen LogP contribution in [0.3, 0.4) is 0 Å². The lowest BCUT2D eigenvalue weighted by atomic mass is 9.98. The molecule has 1 amide bonds. The van der Waals surface area contributed by atoms with Gasteiger partial charge in [0.2, 0.25) is 5.91 Å². The van der Waals surface area contributed by atoms with Crippen molar-refractivity contribution in [2.24, 2.45) is 0 Å². The van der Waals surface area contributed by atoms with Gasteiger partial charge in [-0.15, -0.1) is 11.3 Å². The molecule has 1 aromatic rings. The molecule has 1 atom stereocenters. The zero-order chi connectivity index (χ0) is 16.6. The van der Waals surface area contributed by atoms with E-state index < -0.39 is 15.4 Å². The molecule has 5 nitrogen and oxygen atoms in total. The molecule has 1 aromatic heterocycles. The lowest BCUT2D eigenvalue weighted by molar-refractivity contribution is -0.117. The number of hydrogen-bond donors (Lipinski definition) is 1. The van der Waals surface area contributed by atoms with Gasteiger partial charge in [-0.25, -0.2) is 13.4 Å². The summed E-state index contributed by atoms with van der Waals surface area (Å²) in [7, 11) is -3.03. The molecule has 0 aliphatic carbocycles. The molecule has 0 spiro atoms. The van der Waals surface area contributed by atoms with E-state index in [1.54, 1.807) is 30.5 Å². The zero-order valence-corrected chi connectivity index (χ0v) is 15.0. The van der Waals surface area contributed by atoms with Gasteiger partial charge in [0.15, 0.2) is 9.84 Å². The van der Waals surface area contributed by atoms with E-state index in [4.69, 9.17) is 0 Å². The van der Waals surface area contributed by atoms with Crippen LogP contribution in [0.1, 0.15) is 44.0 Å². The molecule has 7 heteroatoms. The summed E-state index contributed by atoms with van der Waals surface area (Å²) in [6.45, 7) is 8.04. The summed E-state index contributed by atoms with van der Waals surface area (Å²) in [5.41, 5.74) is -0.671. The predicted molar refractivity (Wildman–Crippen MR) is 89.7 cm³/mol. The van der Waals surface area contributed by atoms with Crippen LogP contribution in [0.2, 0.25) is 0 Å². The molecule has 122 valence electrons. The van der Waals surface area contributed by atoms with E-state index in [0.717, 1.165) is 9.88 Å². The van der Waals surface area contributed by atoms with Crippen LogP contribution in [0.5, 0.6) is 0 Å². The Kier molecular flexibility index (Phi) is 4.50. The molecule has 0 bridgehead atoms. The highest BCUT2D eigenvalue weighted by Crippen LogP contribution is 2.27. The second kappa shape index (κ2) is 5.77. The average molecular weight is 342 g/mol. The van der Waals surface area contributed by atoms with Crippen molar-refractivity contribution in [1.29, 1.82) is 0 Å². The van der Waals surface area contributed by atoms with E-state index >= 15 is 0 Å². The number of hydrogen-bond acceptors (Lipinski definition) is 5. The fourth-order valence-electron chi connectivity index (χ4n) is 2.32. The summed E-state index contributed by atoms with van der Waals surface area (Å²) in [5.74, 6) is -0.128. The van der Waals surface area contributed by atoms with Crippen molar-refractivity contribution in [3.63, 3.8) is 0 Å². The van der Waals surface area contributed by atoms with Gasteiger partial charge in [-0.1, -0.05) is 20.8 Å². The maximum absolute atomic E-state index is 12.0. The molecule has 2 rings (SSSR count). The van der Waals surface area contributed by atoms with Crippen LogP contribution in [0, 0.1) is 0 Å². The number of carbonyl (C=O) groups excluding carboxylic acids is 1. The highest BCUT2D eigenvalue weighted by atomic mass is 32.2. The molecule has 1 N–H and O–H groups in total. The Morgan fingerprint density at radius 2 is 2.14 bits per heavy atom. The minimum absolute atomic E-state index is 0.00824. The lowest BCUT2D eigenvalue weighted by Gasteiger charge is -2.22. The molecule has 1 fully saturated rings. The van der Waals surface area contributed by atoms with Crippen molar-refractivity contribution in [3.05, 3.63) is 22.2 Å². The van der Waals surface area contributed by atoms with Crippen molar-refractivity contribution in [2.45, 2.75) is 45.1 Å². The molecule has 22 heavy (non-hydrogen) atoms. The number of nitrogens with zero attached hydrogens (tertiary/aromatic N) is 1. The fraction of sp³-hybridized carbons (Fsp3) is 0.600. The molecule has 1 aliphatic rings. The summed E-state index contributed by atoms with van der Waals surface area (Å²) in [6.07, 6.45) is 5.37. The number of nitrogens with one attached hydrogen (secondary N) is 1. The molecular weight excluding hydrogens is 320 g/mol. The van der Waals surface area contributed by atoms with E-state index in [-0.39, 0.29) is 22.8 Å². The zero-order valence-electron chi connectivity index (χ0n) is 13.3. The summed E-state index contributed by atoms with van der Waals surface area (Å²) >= 11 is 1.55. The van der Waals surface area contributed by atoms with Gasteiger partial charge in [-0.2, -0.15) is 0 Å². The van der Waals surface area contributed by atoms with Gasteiger partial charge in [-0.05, 0) is 19.4 Å². The largest absolute Gasteiger partial charge is 0.346 e. The number of sulfone groups is 1. The summed E-state index contributed by atoms with van der Waals surface area (Å²) in [6, 6.07) is 0. The Morgan fingerprint density at radius 3 is 2.64 bits per heavy atom. The minimum atomic E-state index is -3.03. The topological polar surface area (TPSA) is 76.1 Å². The summed E-state index contributed by atoms with van der Waals surface area (Å²) < 4.78 is 23.1. The van der Waals surface area contributed by atoms with Gasteiger partial charge in [0, 0.05) is 22.6 Å². The highest BCUT2D eigenvalue weighted by molar-refractivity contribution is 7.91. The first-order valence-electron chi connectivity index (χ1n) is 7.16.